The minimum atomic E-state index is 0.0195. The number of amides is 1. The molecule has 0 bridgehead atoms. The molecule has 4 nitrogen and oxygen atoms in total. The van der Waals surface area contributed by atoms with Crippen LogP contribution in [0, 0.1) is 0 Å². The highest BCUT2D eigenvalue weighted by atomic mass is 35.5. The van der Waals surface area contributed by atoms with Crippen molar-refractivity contribution in [2.75, 3.05) is 27.2 Å². The van der Waals surface area contributed by atoms with Gasteiger partial charge in [-0.1, -0.05) is 30.1 Å². The molecule has 0 aliphatic carbocycles. The molecule has 1 amide bonds. The van der Waals surface area contributed by atoms with Crippen LogP contribution in [0.4, 0.5) is 0 Å². The molecule has 112 valence electrons. The zero-order valence-corrected chi connectivity index (χ0v) is 13.5. The Kier molecular flexibility index (Phi) is 6.59. The van der Waals surface area contributed by atoms with Crippen LogP contribution < -0.4 is 0 Å². The lowest BCUT2D eigenvalue weighted by molar-refractivity contribution is -0.130. The first kappa shape index (κ1) is 17.1. The van der Waals surface area contributed by atoms with Crippen LogP contribution in [0.15, 0.2) is 12.1 Å². The maximum atomic E-state index is 11.8. The lowest BCUT2D eigenvalue weighted by Gasteiger charge is -2.23. The van der Waals surface area contributed by atoms with E-state index in [2.05, 4.69) is 0 Å². The second kappa shape index (κ2) is 7.72. The molecule has 0 aliphatic rings. The molecule has 0 fully saturated rings. The quantitative estimate of drug-likeness (QED) is 0.876. The van der Waals surface area contributed by atoms with E-state index in [9.17, 15) is 9.90 Å². The zero-order chi connectivity index (χ0) is 15.3. The third-order valence-electron chi connectivity index (χ3n) is 2.90. The molecule has 0 spiro atoms. The Balaban J connectivity index is 2.88. The van der Waals surface area contributed by atoms with Gasteiger partial charge in [-0.15, -0.1) is 0 Å². The van der Waals surface area contributed by atoms with Crippen LogP contribution in [0.5, 0.6) is 5.75 Å². The van der Waals surface area contributed by atoms with Gasteiger partial charge in [-0.3, -0.25) is 9.69 Å². The fourth-order valence-electron chi connectivity index (χ4n) is 1.84. The van der Waals surface area contributed by atoms with Gasteiger partial charge in [0.1, 0.15) is 5.75 Å². The summed E-state index contributed by atoms with van der Waals surface area (Å²) in [5.74, 6) is 0.0422. The summed E-state index contributed by atoms with van der Waals surface area (Å²) in [5.41, 5.74) is 0.627. The Bertz CT molecular complexity index is 478. The lowest BCUT2D eigenvalue weighted by Crippen LogP contribution is -2.36. The van der Waals surface area contributed by atoms with Gasteiger partial charge in [0.2, 0.25) is 5.91 Å². The zero-order valence-electron chi connectivity index (χ0n) is 12.0. The third-order valence-corrected chi connectivity index (χ3v) is 3.40. The highest BCUT2D eigenvalue weighted by molar-refractivity contribution is 6.35. The fourth-order valence-corrected chi connectivity index (χ4v) is 2.38. The molecule has 0 saturated carbocycles. The first-order chi connectivity index (χ1) is 9.35. The van der Waals surface area contributed by atoms with Crippen molar-refractivity contribution in [2.45, 2.75) is 19.9 Å². The highest BCUT2D eigenvalue weighted by Crippen LogP contribution is 2.31. The smallest absolute Gasteiger partial charge is 0.236 e. The van der Waals surface area contributed by atoms with E-state index in [-0.39, 0.29) is 16.7 Å². The number of aromatic hydroxyl groups is 1. The largest absolute Gasteiger partial charge is 0.506 e. The number of carbonyl (C=O) groups is 1. The molecule has 0 saturated heterocycles. The summed E-state index contributed by atoms with van der Waals surface area (Å²) in [7, 11) is 3.44. The Morgan fingerprint density at radius 2 is 1.95 bits per heavy atom. The molecule has 6 heteroatoms. The molecule has 0 unspecified atom stereocenters. The van der Waals surface area contributed by atoms with Crippen molar-refractivity contribution < 1.29 is 9.90 Å². The van der Waals surface area contributed by atoms with Crippen molar-refractivity contribution in [3.8, 4) is 5.75 Å². The average molecular weight is 319 g/mol. The topological polar surface area (TPSA) is 43.8 Å². The molecule has 1 N–H and O–H groups in total. The lowest BCUT2D eigenvalue weighted by atomic mass is 10.1. The van der Waals surface area contributed by atoms with E-state index < -0.39 is 0 Å². The monoisotopic (exact) mass is 318 g/mol. The number of hydrogen-bond donors (Lipinski definition) is 1. The molecule has 0 heterocycles. The van der Waals surface area contributed by atoms with Gasteiger partial charge in [0, 0.05) is 31.2 Å². The first-order valence-electron chi connectivity index (χ1n) is 6.44. The summed E-state index contributed by atoms with van der Waals surface area (Å²) < 4.78 is 0. The molecular weight excluding hydrogens is 299 g/mol. The number of rotatable bonds is 6. The maximum Gasteiger partial charge on any atom is 0.236 e. The molecule has 0 aromatic heterocycles. The van der Waals surface area contributed by atoms with E-state index in [1.807, 2.05) is 11.8 Å². The van der Waals surface area contributed by atoms with Gasteiger partial charge in [0.15, 0.2) is 0 Å². The van der Waals surface area contributed by atoms with Crippen molar-refractivity contribution in [2.24, 2.45) is 0 Å². The van der Waals surface area contributed by atoms with E-state index in [1.54, 1.807) is 25.1 Å². The van der Waals surface area contributed by atoms with E-state index in [4.69, 9.17) is 23.2 Å². The van der Waals surface area contributed by atoms with Crippen LogP contribution in [0.2, 0.25) is 10.0 Å². The summed E-state index contributed by atoms with van der Waals surface area (Å²) in [6.07, 6.45) is 0.912. The maximum absolute atomic E-state index is 11.8. The van der Waals surface area contributed by atoms with E-state index in [0.29, 0.717) is 23.7 Å². The van der Waals surface area contributed by atoms with Crippen molar-refractivity contribution in [1.29, 1.82) is 0 Å². The molecule has 0 radical (unpaired) electrons. The normalized spacial score (nSPS) is 10.9. The summed E-state index contributed by atoms with van der Waals surface area (Å²) in [6, 6.07) is 3.17. The first-order valence-corrected chi connectivity index (χ1v) is 7.20. The predicted molar refractivity (Wildman–Crippen MR) is 82.4 cm³/mol. The SMILES string of the molecule is CCCN(CC(=O)N(C)C)Cc1cc(Cl)cc(Cl)c1O. The molecule has 1 aromatic carbocycles. The predicted octanol–water partition coefficient (Wildman–Crippen LogP) is 3.00. The second-order valence-corrected chi connectivity index (χ2v) is 5.74. The Hall–Kier alpha value is -0.970. The molecule has 0 atom stereocenters. The van der Waals surface area contributed by atoms with E-state index >= 15 is 0 Å². The summed E-state index contributed by atoms with van der Waals surface area (Å²) >= 11 is 11.9. The molecule has 20 heavy (non-hydrogen) atoms. The van der Waals surface area contributed by atoms with Gasteiger partial charge in [0.05, 0.1) is 11.6 Å². The number of nitrogens with zero attached hydrogens (tertiary/aromatic N) is 2. The van der Waals surface area contributed by atoms with Crippen molar-refractivity contribution in [3.63, 3.8) is 0 Å². The number of phenols is 1. The van der Waals surface area contributed by atoms with Gasteiger partial charge in [-0.05, 0) is 25.1 Å². The number of phenolic OH excluding ortho intramolecular Hbond substituents is 1. The average Bonchev–Trinajstić information content (AvgIpc) is 2.35. The van der Waals surface area contributed by atoms with E-state index in [1.165, 1.54) is 6.07 Å². The molecule has 1 rings (SSSR count). The minimum absolute atomic E-state index is 0.0195. The van der Waals surface area contributed by atoms with Gasteiger partial charge < -0.3 is 10.0 Å². The number of likely N-dealkylation sites (N-methyl/N-ethyl adjacent to an activating group) is 1. The van der Waals surface area contributed by atoms with E-state index in [0.717, 1.165) is 13.0 Å². The van der Waals surface area contributed by atoms with Crippen LogP contribution in [-0.2, 0) is 11.3 Å². The van der Waals surface area contributed by atoms with Crippen molar-refractivity contribution >= 4 is 29.1 Å². The van der Waals surface area contributed by atoms with Crippen LogP contribution in [0.25, 0.3) is 0 Å². The number of benzene rings is 1. The third kappa shape index (κ3) is 4.85. The fraction of sp³-hybridized carbons (Fsp3) is 0.500. The van der Waals surface area contributed by atoms with Crippen molar-refractivity contribution in [3.05, 3.63) is 27.7 Å². The summed E-state index contributed by atoms with van der Waals surface area (Å²) in [6.45, 7) is 3.52. The van der Waals surface area contributed by atoms with Gasteiger partial charge in [0.25, 0.3) is 0 Å². The number of carbonyl (C=O) groups excluding carboxylic acids is 1. The van der Waals surface area contributed by atoms with Crippen molar-refractivity contribution in [1.82, 2.24) is 9.80 Å². The summed E-state index contributed by atoms with van der Waals surface area (Å²) in [4.78, 5) is 15.3. The van der Waals surface area contributed by atoms with Crippen LogP contribution in [-0.4, -0.2) is 48.0 Å². The molecular formula is C14H20Cl2N2O2. The number of hydrogen-bond acceptors (Lipinski definition) is 3. The van der Waals surface area contributed by atoms with Crippen LogP contribution in [0.3, 0.4) is 0 Å². The second-order valence-electron chi connectivity index (χ2n) is 4.89. The van der Waals surface area contributed by atoms with Gasteiger partial charge in [-0.25, -0.2) is 0 Å². The summed E-state index contributed by atoms with van der Waals surface area (Å²) in [5, 5.41) is 10.7. The molecule has 0 aliphatic heterocycles. The standard InChI is InChI=1S/C14H20Cl2N2O2/c1-4-5-18(9-13(19)17(2)3)8-10-6-11(15)7-12(16)14(10)20/h6-7,20H,4-5,8-9H2,1-3H3. The highest BCUT2D eigenvalue weighted by Gasteiger charge is 2.15. The van der Waals surface area contributed by atoms with Crippen LogP contribution in [0.1, 0.15) is 18.9 Å². The molecule has 1 aromatic rings. The Morgan fingerprint density at radius 1 is 1.30 bits per heavy atom. The Labute approximate surface area is 129 Å². The van der Waals surface area contributed by atoms with Crippen LogP contribution >= 0.6 is 23.2 Å². The van der Waals surface area contributed by atoms with Gasteiger partial charge >= 0.3 is 0 Å². The Morgan fingerprint density at radius 3 is 2.50 bits per heavy atom. The number of halogens is 2. The van der Waals surface area contributed by atoms with Gasteiger partial charge in [-0.2, -0.15) is 0 Å². The minimum Gasteiger partial charge on any atom is -0.506 e.